The number of halogens is 6. The topological polar surface area (TPSA) is 67.2 Å². The molecule has 0 radical (unpaired) electrons. The lowest BCUT2D eigenvalue weighted by molar-refractivity contribution is -0.156. The zero-order chi connectivity index (χ0) is 27.1. The summed E-state index contributed by atoms with van der Waals surface area (Å²) in [6.07, 6.45) is -5.10. The molecule has 198 valence electrons. The van der Waals surface area contributed by atoms with Crippen molar-refractivity contribution in [3.8, 4) is 5.69 Å². The van der Waals surface area contributed by atoms with E-state index in [0.717, 1.165) is 22.9 Å². The second-order valence-corrected chi connectivity index (χ2v) is 9.41. The Balaban J connectivity index is 1.88. The first-order chi connectivity index (χ1) is 17.3. The van der Waals surface area contributed by atoms with Gasteiger partial charge in [-0.25, -0.2) is 18.2 Å². The molecule has 3 aromatic rings. The van der Waals surface area contributed by atoms with E-state index < -0.39 is 59.3 Å². The summed E-state index contributed by atoms with van der Waals surface area (Å²) >= 11 is 0. The first kappa shape index (κ1) is 26.5. The van der Waals surface area contributed by atoms with Crippen LogP contribution in [0.1, 0.15) is 37.0 Å². The van der Waals surface area contributed by atoms with Crippen LogP contribution in [0.15, 0.2) is 41.3 Å². The molecule has 37 heavy (non-hydrogen) atoms. The molecule has 3 heterocycles. The highest BCUT2D eigenvalue weighted by Gasteiger charge is 2.41. The van der Waals surface area contributed by atoms with Gasteiger partial charge in [0.15, 0.2) is 5.65 Å². The van der Waals surface area contributed by atoms with Crippen molar-refractivity contribution in [2.24, 2.45) is 5.92 Å². The van der Waals surface area contributed by atoms with Gasteiger partial charge >= 0.3 is 6.18 Å². The highest BCUT2D eigenvalue weighted by atomic mass is 19.4. The Labute approximate surface area is 207 Å². The molecule has 12 heteroatoms. The monoisotopic (exact) mass is 526 g/mol. The number of anilines is 1. The van der Waals surface area contributed by atoms with Gasteiger partial charge in [0.1, 0.15) is 35.2 Å². The maximum absolute atomic E-state index is 14.8. The molecule has 6 nitrogen and oxygen atoms in total. The fourth-order valence-electron chi connectivity index (χ4n) is 4.30. The predicted octanol–water partition coefficient (Wildman–Crippen LogP) is 4.92. The summed E-state index contributed by atoms with van der Waals surface area (Å²) in [6, 6.07) is 3.09. The first-order valence-electron chi connectivity index (χ1n) is 11.6. The zero-order valence-electron chi connectivity index (χ0n) is 20.0. The summed E-state index contributed by atoms with van der Waals surface area (Å²) in [4.78, 5) is 32.1. The lowest BCUT2D eigenvalue weighted by atomic mass is 10.0. The van der Waals surface area contributed by atoms with Crippen molar-refractivity contribution in [1.29, 1.82) is 0 Å². The molecule has 1 aliphatic rings. The Morgan fingerprint density at radius 2 is 1.92 bits per heavy atom. The highest BCUT2D eigenvalue weighted by Crippen LogP contribution is 2.27. The summed E-state index contributed by atoms with van der Waals surface area (Å²) in [5, 5.41) is 1.69. The fraction of sp³-hybridized carbons (Fsp3) is 0.400. The Morgan fingerprint density at radius 3 is 2.51 bits per heavy atom. The second-order valence-electron chi connectivity index (χ2n) is 9.41. The number of pyridine rings is 2. The molecule has 1 amide bonds. The Morgan fingerprint density at radius 1 is 1.19 bits per heavy atom. The van der Waals surface area contributed by atoms with E-state index in [1.54, 1.807) is 18.7 Å². The van der Waals surface area contributed by atoms with Crippen LogP contribution in [-0.2, 0) is 0 Å². The SMILES string of the molecule is CC(C)CC(NC(=O)c1cn(-c2ccc(F)cc2F)c2nc(N3CC[C@H](F)C3)ccc2c1=O)C(F)(F)F. The number of fused-ring (bicyclic) bond motifs is 1. The third-order valence-corrected chi connectivity index (χ3v) is 6.11. The number of aromatic nitrogens is 2. The molecule has 1 aromatic carbocycles. The summed E-state index contributed by atoms with van der Waals surface area (Å²) in [5.41, 5.74) is -2.00. The molecule has 4 rings (SSSR count). The normalized spacial score (nSPS) is 17.0. The van der Waals surface area contributed by atoms with Gasteiger partial charge in [-0.05, 0) is 43.0 Å². The fourth-order valence-corrected chi connectivity index (χ4v) is 4.30. The van der Waals surface area contributed by atoms with Gasteiger partial charge in [0, 0.05) is 18.8 Å². The molecular formula is C25H24F6N4O2. The van der Waals surface area contributed by atoms with Crippen LogP contribution in [0.25, 0.3) is 16.7 Å². The number of carbonyl (C=O) groups excluding carboxylic acids is 1. The molecule has 1 N–H and O–H groups in total. The summed E-state index contributed by atoms with van der Waals surface area (Å²) in [7, 11) is 0. The van der Waals surface area contributed by atoms with Gasteiger partial charge in [-0.3, -0.25) is 14.2 Å². The Kier molecular flexibility index (Phi) is 7.20. The summed E-state index contributed by atoms with van der Waals surface area (Å²) in [5.74, 6) is -3.36. The summed E-state index contributed by atoms with van der Waals surface area (Å²) < 4.78 is 83.7. The maximum atomic E-state index is 14.8. The molecule has 0 bridgehead atoms. The number of nitrogens with zero attached hydrogens (tertiary/aromatic N) is 3. The lowest BCUT2D eigenvalue weighted by Crippen LogP contribution is -2.47. The van der Waals surface area contributed by atoms with Crippen LogP contribution < -0.4 is 15.6 Å². The molecule has 0 spiro atoms. The van der Waals surface area contributed by atoms with Crippen molar-refractivity contribution in [3.05, 3.63) is 63.9 Å². The molecule has 1 unspecified atom stereocenters. The molecule has 0 saturated carbocycles. The Bertz CT molecular complexity index is 1390. The second kappa shape index (κ2) is 10.1. The van der Waals surface area contributed by atoms with Gasteiger partial charge in [-0.1, -0.05) is 13.8 Å². The van der Waals surface area contributed by atoms with E-state index >= 15 is 0 Å². The molecule has 2 aromatic heterocycles. The predicted molar refractivity (Wildman–Crippen MR) is 126 cm³/mol. The standard InChI is InChI=1S/C25H24F6N4O2/c1-13(2)9-20(25(29,30)31)32-24(37)17-12-35(19-5-3-14(26)10-18(19)28)23-16(22(17)36)4-6-21(33-23)34-8-7-15(27)11-34/h3-6,10,12-13,15,20H,7-9,11H2,1-2H3,(H,32,37)/t15-,20?/m0/s1. The maximum Gasteiger partial charge on any atom is 0.408 e. The number of carbonyl (C=O) groups is 1. The van der Waals surface area contributed by atoms with E-state index in [1.165, 1.54) is 12.1 Å². The minimum atomic E-state index is -4.76. The molecular weight excluding hydrogens is 502 g/mol. The summed E-state index contributed by atoms with van der Waals surface area (Å²) in [6.45, 7) is 3.52. The highest BCUT2D eigenvalue weighted by molar-refractivity contribution is 5.97. The molecule has 1 aliphatic heterocycles. The minimum Gasteiger partial charge on any atom is -0.354 e. The van der Waals surface area contributed by atoms with Crippen molar-refractivity contribution in [1.82, 2.24) is 14.9 Å². The van der Waals surface area contributed by atoms with Crippen molar-refractivity contribution in [2.75, 3.05) is 18.0 Å². The van der Waals surface area contributed by atoms with Gasteiger partial charge in [0.2, 0.25) is 5.43 Å². The molecule has 2 atom stereocenters. The number of hydrogen-bond acceptors (Lipinski definition) is 4. The van der Waals surface area contributed by atoms with Gasteiger partial charge < -0.3 is 10.2 Å². The van der Waals surface area contributed by atoms with E-state index in [4.69, 9.17) is 0 Å². The largest absolute Gasteiger partial charge is 0.408 e. The first-order valence-corrected chi connectivity index (χ1v) is 11.6. The van der Waals surface area contributed by atoms with Crippen LogP contribution in [0, 0.1) is 17.6 Å². The van der Waals surface area contributed by atoms with E-state index in [0.29, 0.717) is 12.6 Å². The van der Waals surface area contributed by atoms with Crippen LogP contribution in [0.2, 0.25) is 0 Å². The van der Waals surface area contributed by atoms with Crippen LogP contribution in [0.3, 0.4) is 0 Å². The van der Waals surface area contributed by atoms with E-state index in [2.05, 4.69) is 4.98 Å². The van der Waals surface area contributed by atoms with Gasteiger partial charge in [0.25, 0.3) is 5.91 Å². The number of hydrogen-bond donors (Lipinski definition) is 1. The smallest absolute Gasteiger partial charge is 0.354 e. The van der Waals surface area contributed by atoms with E-state index in [1.807, 2.05) is 5.32 Å². The van der Waals surface area contributed by atoms with E-state index in [9.17, 15) is 35.9 Å². The van der Waals surface area contributed by atoms with Gasteiger partial charge in [-0.15, -0.1) is 0 Å². The number of alkyl halides is 4. The van der Waals surface area contributed by atoms with Crippen molar-refractivity contribution >= 4 is 22.8 Å². The number of nitrogens with one attached hydrogen (secondary N) is 1. The number of rotatable bonds is 6. The molecule has 0 aliphatic carbocycles. The number of benzene rings is 1. The van der Waals surface area contributed by atoms with Crippen molar-refractivity contribution < 1.29 is 31.1 Å². The Hall–Kier alpha value is -3.57. The minimum absolute atomic E-state index is 0.0584. The average molecular weight is 526 g/mol. The van der Waals surface area contributed by atoms with E-state index in [-0.39, 0.29) is 35.5 Å². The van der Waals surface area contributed by atoms with Gasteiger partial charge in [0.05, 0.1) is 17.6 Å². The van der Waals surface area contributed by atoms with Crippen molar-refractivity contribution in [3.63, 3.8) is 0 Å². The molecule has 1 saturated heterocycles. The zero-order valence-corrected chi connectivity index (χ0v) is 20.0. The average Bonchev–Trinajstić information content (AvgIpc) is 3.24. The number of amides is 1. The molecule has 1 fully saturated rings. The van der Waals surface area contributed by atoms with Gasteiger partial charge in [-0.2, -0.15) is 13.2 Å². The van der Waals surface area contributed by atoms with Crippen LogP contribution in [0.4, 0.5) is 32.2 Å². The van der Waals surface area contributed by atoms with Crippen molar-refractivity contribution in [2.45, 2.75) is 45.1 Å². The quantitative estimate of drug-likeness (QED) is 0.464. The third kappa shape index (κ3) is 5.57. The lowest BCUT2D eigenvalue weighted by Gasteiger charge is -2.23. The third-order valence-electron chi connectivity index (χ3n) is 6.11. The van der Waals surface area contributed by atoms with Crippen LogP contribution >= 0.6 is 0 Å². The van der Waals surface area contributed by atoms with Crippen LogP contribution in [-0.4, -0.2) is 46.9 Å². The van der Waals surface area contributed by atoms with Crippen LogP contribution in [0.5, 0.6) is 0 Å².